The lowest BCUT2D eigenvalue weighted by Crippen LogP contribution is -2.53. The Balaban J connectivity index is 1.25. The number of nitrogens with zero attached hydrogens (tertiary/aromatic N) is 2. The molecule has 0 spiro atoms. The monoisotopic (exact) mass is 484 g/mol. The van der Waals surface area contributed by atoms with Crippen molar-refractivity contribution in [3.63, 3.8) is 0 Å². The molecule has 3 amide bonds. The van der Waals surface area contributed by atoms with Crippen LogP contribution in [0.2, 0.25) is 0 Å². The first kappa shape index (κ1) is 23.7. The Bertz CT molecular complexity index is 1290. The third-order valence-corrected chi connectivity index (χ3v) is 7.61. The Morgan fingerprint density at radius 3 is 2.24 bits per heavy atom. The van der Waals surface area contributed by atoms with Gasteiger partial charge in [-0.05, 0) is 40.6 Å². The van der Waals surface area contributed by atoms with E-state index in [9.17, 15) is 22.4 Å². The third-order valence-electron chi connectivity index (χ3n) is 5.72. The normalized spacial score (nSPS) is 14.7. The maximum Gasteiger partial charge on any atom is 0.315 e. The van der Waals surface area contributed by atoms with Crippen molar-refractivity contribution in [1.82, 2.24) is 19.8 Å². The lowest BCUT2D eigenvalue weighted by Gasteiger charge is -2.34. The molecule has 2 N–H and O–H groups in total. The van der Waals surface area contributed by atoms with Crippen LogP contribution in [0.3, 0.4) is 0 Å². The summed E-state index contributed by atoms with van der Waals surface area (Å²) in [6.07, 6.45) is 0. The van der Waals surface area contributed by atoms with Gasteiger partial charge in [-0.3, -0.25) is 4.79 Å². The zero-order chi connectivity index (χ0) is 24.1. The summed E-state index contributed by atoms with van der Waals surface area (Å²) in [7, 11) is -3.67. The van der Waals surface area contributed by atoms with Crippen LogP contribution in [0.5, 0.6) is 0 Å². The van der Waals surface area contributed by atoms with E-state index in [4.69, 9.17) is 0 Å². The minimum Gasteiger partial charge on any atom is -0.339 e. The number of fused-ring (bicyclic) bond motifs is 1. The summed E-state index contributed by atoms with van der Waals surface area (Å²) in [4.78, 5) is 26.2. The van der Waals surface area contributed by atoms with Crippen molar-refractivity contribution >= 4 is 32.7 Å². The zero-order valence-corrected chi connectivity index (χ0v) is 19.2. The maximum atomic E-state index is 13.1. The molecular weight excluding hydrogens is 459 g/mol. The highest BCUT2D eigenvalue weighted by Gasteiger charge is 2.30. The smallest absolute Gasteiger partial charge is 0.315 e. The molecule has 1 saturated heterocycles. The van der Waals surface area contributed by atoms with Gasteiger partial charge in [0, 0.05) is 32.7 Å². The van der Waals surface area contributed by atoms with Gasteiger partial charge in [0.2, 0.25) is 15.9 Å². The van der Waals surface area contributed by atoms with Crippen LogP contribution in [0.1, 0.15) is 5.56 Å². The van der Waals surface area contributed by atoms with Crippen molar-refractivity contribution in [1.29, 1.82) is 0 Å². The topological polar surface area (TPSA) is 98.8 Å². The highest BCUT2D eigenvalue weighted by molar-refractivity contribution is 7.89. The molecule has 3 aromatic rings. The number of amides is 3. The Morgan fingerprint density at radius 1 is 0.853 bits per heavy atom. The molecule has 1 aliphatic rings. The lowest BCUT2D eigenvalue weighted by molar-refractivity contribution is -0.131. The van der Waals surface area contributed by atoms with Gasteiger partial charge in [-0.25, -0.2) is 17.6 Å². The molecule has 178 valence electrons. The van der Waals surface area contributed by atoms with E-state index in [-0.39, 0.29) is 55.9 Å². The van der Waals surface area contributed by atoms with E-state index in [2.05, 4.69) is 10.6 Å². The maximum absolute atomic E-state index is 13.1. The van der Waals surface area contributed by atoms with Crippen LogP contribution >= 0.6 is 0 Å². The fourth-order valence-electron chi connectivity index (χ4n) is 3.77. The number of benzene rings is 3. The fourth-order valence-corrected chi connectivity index (χ4v) is 5.23. The minimum absolute atomic E-state index is 0.178. The van der Waals surface area contributed by atoms with Crippen LogP contribution in [0.4, 0.5) is 9.18 Å². The van der Waals surface area contributed by atoms with Crippen LogP contribution in [0, 0.1) is 5.82 Å². The van der Waals surface area contributed by atoms with Crippen LogP contribution in [-0.2, 0) is 21.4 Å². The summed E-state index contributed by atoms with van der Waals surface area (Å²) < 4.78 is 40.4. The number of rotatable bonds is 6. The Hall–Kier alpha value is -3.50. The number of halogens is 1. The van der Waals surface area contributed by atoms with Gasteiger partial charge in [-0.15, -0.1) is 0 Å². The summed E-state index contributed by atoms with van der Waals surface area (Å²) in [5.74, 6) is -0.649. The second kappa shape index (κ2) is 10.2. The fraction of sp³-hybridized carbons (Fsp3) is 0.250. The molecule has 10 heteroatoms. The first-order chi connectivity index (χ1) is 16.3. The van der Waals surface area contributed by atoms with Gasteiger partial charge in [0.15, 0.2) is 0 Å². The predicted octanol–water partition coefficient (Wildman–Crippen LogP) is 2.31. The van der Waals surface area contributed by atoms with Gasteiger partial charge in [-0.2, -0.15) is 4.31 Å². The summed E-state index contributed by atoms with van der Waals surface area (Å²) in [5, 5.41) is 6.91. The van der Waals surface area contributed by atoms with Crippen molar-refractivity contribution in [3.05, 3.63) is 78.1 Å². The van der Waals surface area contributed by atoms with Crippen molar-refractivity contribution < 1.29 is 22.4 Å². The Labute approximate surface area is 197 Å². The molecule has 4 rings (SSSR count). The molecule has 1 heterocycles. The van der Waals surface area contributed by atoms with Gasteiger partial charge in [0.05, 0.1) is 11.4 Å². The largest absolute Gasteiger partial charge is 0.339 e. The van der Waals surface area contributed by atoms with Gasteiger partial charge in [0.25, 0.3) is 0 Å². The summed E-state index contributed by atoms with van der Waals surface area (Å²) in [6, 6.07) is 17.8. The highest BCUT2D eigenvalue weighted by atomic mass is 32.2. The summed E-state index contributed by atoms with van der Waals surface area (Å²) in [6.45, 7) is 0.836. The number of urea groups is 1. The number of carbonyl (C=O) groups is 2. The number of sulfonamides is 1. The number of carbonyl (C=O) groups excluding carboxylic acids is 2. The molecule has 0 bridgehead atoms. The molecule has 0 unspecified atom stereocenters. The van der Waals surface area contributed by atoms with Crippen LogP contribution < -0.4 is 10.6 Å². The number of piperazine rings is 1. The molecule has 0 atom stereocenters. The van der Waals surface area contributed by atoms with Gasteiger partial charge >= 0.3 is 6.03 Å². The highest BCUT2D eigenvalue weighted by Crippen LogP contribution is 2.22. The van der Waals surface area contributed by atoms with Gasteiger partial charge in [-0.1, -0.05) is 42.5 Å². The zero-order valence-electron chi connectivity index (χ0n) is 18.4. The van der Waals surface area contributed by atoms with Crippen molar-refractivity contribution in [3.8, 4) is 0 Å². The molecular formula is C24H25FN4O4S. The number of hydrogen-bond acceptors (Lipinski definition) is 4. The average Bonchev–Trinajstić information content (AvgIpc) is 2.86. The van der Waals surface area contributed by atoms with E-state index < -0.39 is 16.1 Å². The predicted molar refractivity (Wildman–Crippen MR) is 126 cm³/mol. The van der Waals surface area contributed by atoms with Gasteiger partial charge in [0.1, 0.15) is 5.82 Å². The molecule has 0 aliphatic carbocycles. The standard InChI is InChI=1S/C24H25FN4O4S/c25-21-8-5-18(6-9-21)16-26-24(31)27-17-23(30)28-11-13-29(14-12-28)34(32,33)22-10-7-19-3-1-2-4-20(19)15-22/h1-10,15H,11-14,16-17H2,(H2,26,27,31). The molecule has 8 nitrogen and oxygen atoms in total. The van der Waals surface area contributed by atoms with Crippen molar-refractivity contribution in [2.24, 2.45) is 0 Å². The molecule has 1 aliphatic heterocycles. The molecule has 0 radical (unpaired) electrons. The van der Waals surface area contributed by atoms with Crippen LogP contribution in [0.25, 0.3) is 10.8 Å². The molecule has 0 aromatic heterocycles. The third kappa shape index (κ3) is 5.52. The minimum atomic E-state index is -3.67. The molecule has 0 saturated carbocycles. The lowest BCUT2D eigenvalue weighted by atomic mass is 10.1. The molecule has 34 heavy (non-hydrogen) atoms. The first-order valence-corrected chi connectivity index (χ1v) is 12.3. The molecule has 1 fully saturated rings. The van der Waals surface area contributed by atoms with Crippen LogP contribution in [-0.4, -0.2) is 62.3 Å². The number of hydrogen-bond donors (Lipinski definition) is 2. The SMILES string of the molecule is O=C(NCC(=O)N1CCN(S(=O)(=O)c2ccc3ccccc3c2)CC1)NCc1ccc(F)cc1. The Morgan fingerprint density at radius 2 is 1.53 bits per heavy atom. The van der Waals surface area contributed by atoms with Crippen molar-refractivity contribution in [2.75, 3.05) is 32.7 Å². The molecule has 3 aromatic carbocycles. The van der Waals surface area contributed by atoms with E-state index >= 15 is 0 Å². The first-order valence-electron chi connectivity index (χ1n) is 10.9. The van der Waals surface area contributed by atoms with E-state index in [1.807, 2.05) is 24.3 Å². The van der Waals surface area contributed by atoms with Gasteiger partial charge < -0.3 is 15.5 Å². The van der Waals surface area contributed by atoms with E-state index in [0.717, 1.165) is 16.3 Å². The summed E-state index contributed by atoms with van der Waals surface area (Å²) in [5.41, 5.74) is 0.728. The quantitative estimate of drug-likeness (QED) is 0.561. The average molecular weight is 485 g/mol. The second-order valence-corrected chi connectivity index (χ2v) is 9.89. The van der Waals surface area contributed by atoms with E-state index in [1.165, 1.54) is 21.3 Å². The summed E-state index contributed by atoms with van der Waals surface area (Å²) >= 11 is 0. The number of nitrogens with one attached hydrogen (secondary N) is 2. The Kier molecular flexibility index (Phi) is 7.09. The van der Waals surface area contributed by atoms with E-state index in [1.54, 1.807) is 30.3 Å². The van der Waals surface area contributed by atoms with Crippen molar-refractivity contribution in [2.45, 2.75) is 11.4 Å². The van der Waals surface area contributed by atoms with E-state index in [0.29, 0.717) is 0 Å². The second-order valence-electron chi connectivity index (χ2n) is 7.96. The van der Waals surface area contributed by atoms with Crippen LogP contribution in [0.15, 0.2) is 71.6 Å².